The van der Waals surface area contributed by atoms with Crippen molar-refractivity contribution in [2.75, 3.05) is 6.54 Å². The van der Waals surface area contributed by atoms with E-state index in [1.54, 1.807) is 12.1 Å². The van der Waals surface area contributed by atoms with Crippen LogP contribution in [0.3, 0.4) is 0 Å². The van der Waals surface area contributed by atoms with Crippen LogP contribution in [0.25, 0.3) is 0 Å². The molecule has 2 heteroatoms. The van der Waals surface area contributed by atoms with Crippen molar-refractivity contribution in [1.29, 1.82) is 0 Å². The van der Waals surface area contributed by atoms with E-state index >= 15 is 0 Å². The van der Waals surface area contributed by atoms with Gasteiger partial charge in [0.1, 0.15) is 5.75 Å². The predicted octanol–water partition coefficient (Wildman–Crippen LogP) is 3.48. The Labute approximate surface area is 98.7 Å². The highest BCUT2D eigenvalue weighted by molar-refractivity contribution is 5.27. The third-order valence-corrected chi connectivity index (χ3v) is 3.11. The smallest absolute Gasteiger partial charge is 0.115 e. The number of phenols is 1. The molecule has 0 saturated carbocycles. The van der Waals surface area contributed by atoms with Gasteiger partial charge in [-0.2, -0.15) is 0 Å². The van der Waals surface area contributed by atoms with E-state index in [9.17, 15) is 5.11 Å². The number of phenolic OH excluding ortho intramolecular Hbond substituents is 1. The summed E-state index contributed by atoms with van der Waals surface area (Å²) in [6, 6.07) is 7.89. The average Bonchev–Trinajstić information content (AvgIpc) is 2.31. The topological polar surface area (TPSA) is 32.3 Å². The molecule has 0 radical (unpaired) electrons. The minimum absolute atomic E-state index is 0.334. The molecule has 0 spiro atoms. The Morgan fingerprint density at radius 1 is 1.12 bits per heavy atom. The Morgan fingerprint density at radius 3 is 2.25 bits per heavy atom. The Morgan fingerprint density at radius 2 is 1.75 bits per heavy atom. The maximum Gasteiger partial charge on any atom is 0.115 e. The Hall–Kier alpha value is -1.02. The van der Waals surface area contributed by atoms with E-state index in [2.05, 4.69) is 26.1 Å². The molecule has 2 unspecified atom stereocenters. The molecule has 2 nitrogen and oxygen atoms in total. The molecule has 90 valence electrons. The highest BCUT2D eigenvalue weighted by Crippen LogP contribution is 2.19. The summed E-state index contributed by atoms with van der Waals surface area (Å²) >= 11 is 0. The second kappa shape index (κ2) is 6.54. The van der Waals surface area contributed by atoms with Crippen molar-refractivity contribution in [3.63, 3.8) is 0 Å². The molecular formula is C14H23NO. The molecule has 0 aliphatic rings. The molecule has 0 saturated heterocycles. The first-order valence-corrected chi connectivity index (χ1v) is 6.19. The molecule has 0 fully saturated rings. The van der Waals surface area contributed by atoms with Gasteiger partial charge in [0.05, 0.1) is 0 Å². The molecule has 0 heterocycles. The lowest BCUT2D eigenvalue weighted by Crippen LogP contribution is -2.25. The van der Waals surface area contributed by atoms with Crippen molar-refractivity contribution >= 4 is 0 Å². The summed E-state index contributed by atoms with van der Waals surface area (Å²) in [6.07, 6.45) is 2.28. The van der Waals surface area contributed by atoms with Gasteiger partial charge >= 0.3 is 0 Å². The molecule has 0 bridgehead atoms. The Balaban J connectivity index is 2.57. The van der Waals surface area contributed by atoms with Crippen LogP contribution < -0.4 is 5.32 Å². The zero-order valence-corrected chi connectivity index (χ0v) is 10.5. The zero-order chi connectivity index (χ0) is 12.0. The number of hydrogen-bond acceptors (Lipinski definition) is 2. The summed E-state index contributed by atoms with van der Waals surface area (Å²) in [5, 5.41) is 12.8. The van der Waals surface area contributed by atoms with E-state index in [0.29, 0.717) is 17.7 Å². The SMILES string of the molecule is CCC(C)CNC(CC)c1ccc(O)cc1. The lowest BCUT2D eigenvalue weighted by molar-refractivity contribution is 0.436. The van der Waals surface area contributed by atoms with Crippen LogP contribution in [0.5, 0.6) is 5.75 Å². The molecule has 0 aromatic heterocycles. The van der Waals surface area contributed by atoms with Gasteiger partial charge in [-0.25, -0.2) is 0 Å². The van der Waals surface area contributed by atoms with E-state index in [-0.39, 0.29) is 0 Å². The van der Waals surface area contributed by atoms with Crippen LogP contribution in [0.2, 0.25) is 0 Å². The maximum absolute atomic E-state index is 9.25. The summed E-state index contributed by atoms with van der Waals surface area (Å²) in [7, 11) is 0. The standard InChI is InChI=1S/C14H23NO/c1-4-11(3)10-15-14(5-2)12-6-8-13(16)9-7-12/h6-9,11,14-16H,4-5,10H2,1-3H3. The number of aromatic hydroxyl groups is 1. The molecule has 1 aromatic carbocycles. The van der Waals surface area contributed by atoms with Crippen molar-refractivity contribution in [3.8, 4) is 5.75 Å². The normalized spacial score (nSPS) is 14.7. The maximum atomic E-state index is 9.25. The van der Waals surface area contributed by atoms with Crippen LogP contribution in [0.4, 0.5) is 0 Å². The summed E-state index contributed by atoms with van der Waals surface area (Å²) in [6.45, 7) is 7.71. The fraction of sp³-hybridized carbons (Fsp3) is 0.571. The number of hydrogen-bond donors (Lipinski definition) is 2. The third kappa shape index (κ3) is 3.86. The second-order valence-corrected chi connectivity index (χ2v) is 4.47. The first kappa shape index (κ1) is 13.0. The van der Waals surface area contributed by atoms with Gasteiger partial charge in [-0.15, -0.1) is 0 Å². The van der Waals surface area contributed by atoms with Gasteiger partial charge < -0.3 is 10.4 Å². The number of rotatable bonds is 6. The van der Waals surface area contributed by atoms with Crippen LogP contribution in [-0.2, 0) is 0 Å². The molecule has 2 N–H and O–H groups in total. The van der Waals surface area contributed by atoms with E-state index in [1.165, 1.54) is 12.0 Å². The first-order valence-electron chi connectivity index (χ1n) is 6.19. The Kier molecular flexibility index (Phi) is 5.33. The third-order valence-electron chi connectivity index (χ3n) is 3.11. The molecule has 0 amide bonds. The van der Waals surface area contributed by atoms with Crippen LogP contribution in [0.1, 0.15) is 45.2 Å². The fourth-order valence-corrected chi connectivity index (χ4v) is 1.69. The Bertz CT molecular complexity index is 294. The quantitative estimate of drug-likeness (QED) is 0.771. The van der Waals surface area contributed by atoms with Crippen LogP contribution >= 0.6 is 0 Å². The summed E-state index contributed by atoms with van der Waals surface area (Å²) in [5.74, 6) is 1.05. The van der Waals surface area contributed by atoms with Crippen molar-refractivity contribution < 1.29 is 5.11 Å². The van der Waals surface area contributed by atoms with Gasteiger partial charge in [0.2, 0.25) is 0 Å². The van der Waals surface area contributed by atoms with E-state index in [1.807, 2.05) is 12.1 Å². The van der Waals surface area contributed by atoms with Crippen LogP contribution in [-0.4, -0.2) is 11.7 Å². The first-order chi connectivity index (χ1) is 7.67. The van der Waals surface area contributed by atoms with E-state index in [4.69, 9.17) is 0 Å². The molecule has 0 aliphatic carbocycles. The van der Waals surface area contributed by atoms with Crippen molar-refractivity contribution in [3.05, 3.63) is 29.8 Å². The van der Waals surface area contributed by atoms with Crippen molar-refractivity contribution in [2.24, 2.45) is 5.92 Å². The highest BCUT2D eigenvalue weighted by Gasteiger charge is 2.09. The van der Waals surface area contributed by atoms with Gasteiger partial charge in [-0.3, -0.25) is 0 Å². The van der Waals surface area contributed by atoms with Gasteiger partial charge in [-0.05, 0) is 36.6 Å². The van der Waals surface area contributed by atoms with E-state index < -0.39 is 0 Å². The minimum Gasteiger partial charge on any atom is -0.508 e. The van der Waals surface area contributed by atoms with E-state index in [0.717, 1.165) is 13.0 Å². The van der Waals surface area contributed by atoms with Crippen LogP contribution in [0, 0.1) is 5.92 Å². The summed E-state index contributed by atoms with van der Waals surface area (Å²) < 4.78 is 0. The lowest BCUT2D eigenvalue weighted by atomic mass is 10.0. The van der Waals surface area contributed by atoms with Gasteiger partial charge in [0.25, 0.3) is 0 Å². The monoisotopic (exact) mass is 221 g/mol. The van der Waals surface area contributed by atoms with Gasteiger partial charge in [0, 0.05) is 6.04 Å². The summed E-state index contributed by atoms with van der Waals surface area (Å²) in [4.78, 5) is 0. The van der Waals surface area contributed by atoms with Crippen LogP contribution in [0.15, 0.2) is 24.3 Å². The lowest BCUT2D eigenvalue weighted by Gasteiger charge is -2.19. The molecule has 1 aromatic rings. The molecule has 0 aliphatic heterocycles. The molecule has 2 atom stereocenters. The molecule has 16 heavy (non-hydrogen) atoms. The minimum atomic E-state index is 0.334. The number of nitrogens with one attached hydrogen (secondary N) is 1. The average molecular weight is 221 g/mol. The van der Waals surface area contributed by atoms with Crippen molar-refractivity contribution in [2.45, 2.75) is 39.7 Å². The van der Waals surface area contributed by atoms with Crippen molar-refractivity contribution in [1.82, 2.24) is 5.32 Å². The zero-order valence-electron chi connectivity index (χ0n) is 10.5. The molecule has 1 rings (SSSR count). The second-order valence-electron chi connectivity index (χ2n) is 4.47. The summed E-state index contributed by atoms with van der Waals surface area (Å²) in [5.41, 5.74) is 1.25. The number of benzene rings is 1. The van der Waals surface area contributed by atoms with Gasteiger partial charge in [0.15, 0.2) is 0 Å². The van der Waals surface area contributed by atoms with Gasteiger partial charge in [-0.1, -0.05) is 39.3 Å². The largest absolute Gasteiger partial charge is 0.508 e. The molecular weight excluding hydrogens is 198 g/mol. The highest BCUT2D eigenvalue weighted by atomic mass is 16.3. The fourth-order valence-electron chi connectivity index (χ4n) is 1.69. The predicted molar refractivity (Wildman–Crippen MR) is 68.6 cm³/mol.